The molecule has 2 aromatic heterocycles. The van der Waals surface area contributed by atoms with Crippen molar-refractivity contribution in [2.45, 2.75) is 20.3 Å². The molecule has 1 aromatic carbocycles. The SMILES string of the molecule is Cc1ccc(Cc2noc(-c3sc(N)nc3C)n2)cc1. The maximum atomic E-state index is 5.68. The number of aryl methyl sites for hydroxylation is 2. The number of nitrogens with two attached hydrogens (primary N) is 1. The van der Waals surface area contributed by atoms with Crippen molar-refractivity contribution in [3.05, 3.63) is 46.9 Å². The molecule has 0 aliphatic heterocycles. The standard InChI is InChI=1S/C14H14N4OS/c1-8-3-5-10(6-4-8)7-11-17-13(19-18-11)12-9(2)16-14(15)20-12/h3-6H,7H2,1-2H3,(H2,15,16). The van der Waals surface area contributed by atoms with Crippen molar-refractivity contribution >= 4 is 16.5 Å². The Kier molecular flexibility index (Phi) is 3.23. The van der Waals surface area contributed by atoms with E-state index in [1.54, 1.807) is 0 Å². The second-order valence-corrected chi connectivity index (χ2v) is 5.68. The van der Waals surface area contributed by atoms with Crippen LogP contribution in [0.1, 0.15) is 22.6 Å². The molecule has 0 spiro atoms. The maximum absolute atomic E-state index is 5.68. The first-order valence-electron chi connectivity index (χ1n) is 6.23. The highest BCUT2D eigenvalue weighted by Gasteiger charge is 2.15. The van der Waals surface area contributed by atoms with Crippen LogP contribution in [0, 0.1) is 13.8 Å². The topological polar surface area (TPSA) is 77.8 Å². The van der Waals surface area contributed by atoms with Crippen LogP contribution < -0.4 is 5.73 Å². The third kappa shape index (κ3) is 2.55. The van der Waals surface area contributed by atoms with E-state index in [-0.39, 0.29) is 0 Å². The number of thiazole rings is 1. The fourth-order valence-electron chi connectivity index (χ4n) is 1.92. The first kappa shape index (κ1) is 12.8. The van der Waals surface area contributed by atoms with Gasteiger partial charge in [0.15, 0.2) is 11.0 Å². The summed E-state index contributed by atoms with van der Waals surface area (Å²) in [6.45, 7) is 3.94. The molecule has 2 N–H and O–H groups in total. The van der Waals surface area contributed by atoms with Crippen LogP contribution in [0.3, 0.4) is 0 Å². The van der Waals surface area contributed by atoms with Crippen LogP contribution in [0.25, 0.3) is 10.8 Å². The summed E-state index contributed by atoms with van der Waals surface area (Å²) in [7, 11) is 0. The van der Waals surface area contributed by atoms with E-state index in [1.165, 1.54) is 16.9 Å². The summed E-state index contributed by atoms with van der Waals surface area (Å²) in [4.78, 5) is 9.41. The Bertz CT molecular complexity index is 730. The summed E-state index contributed by atoms with van der Waals surface area (Å²) in [6.07, 6.45) is 0.650. The molecule has 0 radical (unpaired) electrons. The van der Waals surface area contributed by atoms with Crippen molar-refractivity contribution in [1.29, 1.82) is 0 Å². The van der Waals surface area contributed by atoms with Gasteiger partial charge >= 0.3 is 0 Å². The molecule has 0 unspecified atom stereocenters. The van der Waals surface area contributed by atoms with Crippen molar-refractivity contribution in [2.24, 2.45) is 0 Å². The van der Waals surface area contributed by atoms with Crippen molar-refractivity contribution in [1.82, 2.24) is 15.1 Å². The molecule has 0 atom stereocenters. The lowest BCUT2D eigenvalue weighted by Crippen LogP contribution is -1.90. The van der Waals surface area contributed by atoms with E-state index in [4.69, 9.17) is 10.3 Å². The average Bonchev–Trinajstić information content (AvgIpc) is 2.99. The van der Waals surface area contributed by atoms with Crippen molar-refractivity contribution < 1.29 is 4.52 Å². The van der Waals surface area contributed by atoms with Gasteiger partial charge in [0, 0.05) is 6.42 Å². The summed E-state index contributed by atoms with van der Waals surface area (Å²) in [5.74, 6) is 1.15. The number of rotatable bonds is 3. The Morgan fingerprint density at radius 3 is 2.55 bits per heavy atom. The maximum Gasteiger partial charge on any atom is 0.270 e. The Balaban J connectivity index is 1.83. The van der Waals surface area contributed by atoms with Gasteiger partial charge < -0.3 is 10.3 Å². The van der Waals surface area contributed by atoms with Gasteiger partial charge in [0.05, 0.1) is 5.69 Å². The van der Waals surface area contributed by atoms with Crippen LogP contribution in [-0.2, 0) is 6.42 Å². The van der Waals surface area contributed by atoms with Crippen molar-refractivity contribution in [3.63, 3.8) is 0 Å². The highest BCUT2D eigenvalue weighted by atomic mass is 32.1. The monoisotopic (exact) mass is 286 g/mol. The zero-order chi connectivity index (χ0) is 14.1. The predicted octanol–water partition coefficient (Wildman–Crippen LogP) is 2.98. The molecule has 0 amide bonds. The zero-order valence-electron chi connectivity index (χ0n) is 11.3. The van der Waals surface area contributed by atoms with Gasteiger partial charge in [0.1, 0.15) is 4.88 Å². The molecule has 20 heavy (non-hydrogen) atoms. The highest BCUT2D eigenvalue weighted by molar-refractivity contribution is 7.18. The molecule has 0 aliphatic rings. The number of aromatic nitrogens is 3. The molecule has 3 rings (SSSR count). The molecule has 3 aromatic rings. The van der Waals surface area contributed by atoms with E-state index in [1.807, 2.05) is 6.92 Å². The molecule has 0 saturated carbocycles. The molecule has 0 bridgehead atoms. The lowest BCUT2D eigenvalue weighted by Gasteiger charge is -1.97. The Hall–Kier alpha value is -2.21. The van der Waals surface area contributed by atoms with Crippen LogP contribution in [-0.4, -0.2) is 15.1 Å². The van der Waals surface area contributed by atoms with Crippen LogP contribution in [0.5, 0.6) is 0 Å². The van der Waals surface area contributed by atoms with Crippen LogP contribution in [0.2, 0.25) is 0 Å². The molecule has 0 aliphatic carbocycles. The average molecular weight is 286 g/mol. The number of nitrogen functional groups attached to an aromatic ring is 1. The first-order chi connectivity index (χ1) is 9.61. The normalized spacial score (nSPS) is 10.9. The van der Waals surface area contributed by atoms with Gasteiger partial charge in [-0.2, -0.15) is 4.98 Å². The van der Waals surface area contributed by atoms with Gasteiger partial charge in [-0.25, -0.2) is 4.98 Å². The van der Waals surface area contributed by atoms with Crippen molar-refractivity contribution in [2.75, 3.05) is 5.73 Å². The van der Waals surface area contributed by atoms with Crippen LogP contribution >= 0.6 is 11.3 Å². The fourth-order valence-corrected chi connectivity index (χ4v) is 2.68. The number of anilines is 1. The fraction of sp³-hybridized carbons (Fsp3) is 0.214. The van der Waals surface area contributed by atoms with E-state index in [0.29, 0.717) is 23.3 Å². The molecule has 5 nitrogen and oxygen atoms in total. The Morgan fingerprint density at radius 1 is 1.15 bits per heavy atom. The van der Waals surface area contributed by atoms with E-state index in [9.17, 15) is 0 Å². The molecule has 2 heterocycles. The summed E-state index contributed by atoms with van der Waals surface area (Å²) in [5, 5.41) is 4.52. The highest BCUT2D eigenvalue weighted by Crippen LogP contribution is 2.29. The molecular weight excluding hydrogens is 272 g/mol. The largest absolute Gasteiger partial charge is 0.375 e. The van der Waals surface area contributed by atoms with Gasteiger partial charge in [0.2, 0.25) is 0 Å². The van der Waals surface area contributed by atoms with E-state index < -0.39 is 0 Å². The number of hydrogen-bond acceptors (Lipinski definition) is 6. The zero-order valence-corrected chi connectivity index (χ0v) is 12.1. The summed E-state index contributed by atoms with van der Waals surface area (Å²) < 4.78 is 5.29. The minimum atomic E-state index is 0.485. The minimum Gasteiger partial charge on any atom is -0.375 e. The number of benzene rings is 1. The first-order valence-corrected chi connectivity index (χ1v) is 7.05. The molecular formula is C14H14N4OS. The third-order valence-corrected chi connectivity index (χ3v) is 3.93. The van der Waals surface area contributed by atoms with Gasteiger partial charge in [-0.15, -0.1) is 0 Å². The lowest BCUT2D eigenvalue weighted by molar-refractivity contribution is 0.424. The van der Waals surface area contributed by atoms with Gasteiger partial charge in [-0.3, -0.25) is 0 Å². The summed E-state index contributed by atoms with van der Waals surface area (Å²) >= 11 is 1.36. The second-order valence-electron chi connectivity index (χ2n) is 4.64. The Labute approximate surface area is 120 Å². The van der Waals surface area contributed by atoms with Crippen LogP contribution in [0.15, 0.2) is 28.8 Å². The number of hydrogen-bond donors (Lipinski definition) is 1. The molecule has 0 saturated heterocycles. The van der Waals surface area contributed by atoms with E-state index in [2.05, 4.69) is 46.3 Å². The smallest absolute Gasteiger partial charge is 0.270 e. The van der Waals surface area contributed by atoms with E-state index in [0.717, 1.165) is 16.1 Å². The molecule has 0 fully saturated rings. The third-order valence-electron chi connectivity index (χ3n) is 2.96. The van der Waals surface area contributed by atoms with Crippen LogP contribution in [0.4, 0.5) is 5.13 Å². The second kappa shape index (κ2) is 5.05. The van der Waals surface area contributed by atoms with Crippen molar-refractivity contribution in [3.8, 4) is 10.8 Å². The number of nitrogens with zero attached hydrogens (tertiary/aromatic N) is 3. The van der Waals surface area contributed by atoms with Gasteiger partial charge in [0.25, 0.3) is 5.89 Å². The Morgan fingerprint density at radius 2 is 1.90 bits per heavy atom. The van der Waals surface area contributed by atoms with Gasteiger partial charge in [-0.05, 0) is 19.4 Å². The van der Waals surface area contributed by atoms with Gasteiger partial charge in [-0.1, -0.05) is 46.3 Å². The minimum absolute atomic E-state index is 0.485. The molecule has 6 heteroatoms. The van der Waals surface area contributed by atoms with E-state index >= 15 is 0 Å². The lowest BCUT2D eigenvalue weighted by atomic mass is 10.1. The summed E-state index contributed by atoms with van der Waals surface area (Å²) in [5.41, 5.74) is 8.89. The summed E-state index contributed by atoms with van der Waals surface area (Å²) in [6, 6.07) is 8.29. The predicted molar refractivity (Wildman–Crippen MR) is 78.5 cm³/mol. The quantitative estimate of drug-likeness (QED) is 0.800. The molecule has 102 valence electrons.